The van der Waals surface area contributed by atoms with Gasteiger partial charge in [-0.1, -0.05) is 37.1 Å². The summed E-state index contributed by atoms with van der Waals surface area (Å²) in [6.45, 7) is 3.40. The Hall–Kier alpha value is -0.860. The van der Waals surface area contributed by atoms with E-state index < -0.39 is 0 Å². The molecule has 0 heterocycles. The van der Waals surface area contributed by atoms with Crippen LogP contribution in [-0.2, 0) is 13.1 Å². The molecule has 0 spiro atoms. The lowest BCUT2D eigenvalue weighted by molar-refractivity contribution is 0.270. The van der Waals surface area contributed by atoms with E-state index in [9.17, 15) is 0 Å². The fourth-order valence-electron chi connectivity index (χ4n) is 3.42. The highest BCUT2D eigenvalue weighted by Crippen LogP contribution is 2.26. The Morgan fingerprint density at radius 2 is 1.75 bits per heavy atom. The summed E-state index contributed by atoms with van der Waals surface area (Å²) >= 11 is 0. The van der Waals surface area contributed by atoms with E-state index in [0.717, 1.165) is 25.0 Å². The first kappa shape index (κ1) is 14.1. The molecule has 0 unspecified atom stereocenters. The van der Waals surface area contributed by atoms with Crippen molar-refractivity contribution in [2.75, 3.05) is 13.6 Å². The van der Waals surface area contributed by atoms with E-state index in [2.05, 4.69) is 41.5 Å². The van der Waals surface area contributed by atoms with Crippen molar-refractivity contribution in [2.24, 2.45) is 5.92 Å². The molecule has 3 rings (SSSR count). The van der Waals surface area contributed by atoms with Gasteiger partial charge in [0.2, 0.25) is 0 Å². The first-order valence-electron chi connectivity index (χ1n) is 8.30. The zero-order valence-corrected chi connectivity index (χ0v) is 12.8. The minimum Gasteiger partial charge on any atom is -0.310 e. The number of nitrogens with one attached hydrogen (secondary N) is 1. The molecule has 0 atom stereocenters. The SMILES string of the molecule is CN(Cc1ccccc1CNC1CC1)CC1CCCC1. The summed E-state index contributed by atoms with van der Waals surface area (Å²) in [5.41, 5.74) is 2.99. The lowest BCUT2D eigenvalue weighted by Crippen LogP contribution is -2.25. The normalized spacial score (nSPS) is 19.9. The molecule has 0 aliphatic heterocycles. The van der Waals surface area contributed by atoms with Crippen LogP contribution in [0.15, 0.2) is 24.3 Å². The van der Waals surface area contributed by atoms with Gasteiger partial charge in [-0.25, -0.2) is 0 Å². The summed E-state index contributed by atoms with van der Waals surface area (Å²) in [6, 6.07) is 9.73. The summed E-state index contributed by atoms with van der Waals surface area (Å²) in [6.07, 6.45) is 8.50. The van der Waals surface area contributed by atoms with E-state index in [-0.39, 0.29) is 0 Å². The van der Waals surface area contributed by atoms with Crippen molar-refractivity contribution < 1.29 is 0 Å². The Morgan fingerprint density at radius 1 is 1.05 bits per heavy atom. The van der Waals surface area contributed by atoms with Crippen LogP contribution in [0.1, 0.15) is 49.7 Å². The molecule has 2 saturated carbocycles. The molecule has 2 heteroatoms. The summed E-state index contributed by atoms with van der Waals surface area (Å²) in [7, 11) is 2.28. The van der Waals surface area contributed by atoms with Gasteiger partial charge in [0, 0.05) is 25.7 Å². The fourth-order valence-corrected chi connectivity index (χ4v) is 3.42. The molecule has 110 valence electrons. The molecule has 2 aliphatic carbocycles. The van der Waals surface area contributed by atoms with Crippen molar-refractivity contribution in [3.8, 4) is 0 Å². The van der Waals surface area contributed by atoms with Crippen LogP contribution in [0.3, 0.4) is 0 Å². The van der Waals surface area contributed by atoms with Crippen LogP contribution in [0.25, 0.3) is 0 Å². The molecular formula is C18H28N2. The first-order chi connectivity index (χ1) is 9.81. The van der Waals surface area contributed by atoms with Crippen molar-refractivity contribution in [3.63, 3.8) is 0 Å². The topological polar surface area (TPSA) is 15.3 Å². The highest BCUT2D eigenvalue weighted by molar-refractivity contribution is 5.27. The molecule has 0 saturated heterocycles. The molecule has 0 amide bonds. The Kier molecular flexibility index (Phi) is 4.74. The number of hydrogen-bond donors (Lipinski definition) is 1. The molecule has 0 aromatic heterocycles. The number of hydrogen-bond acceptors (Lipinski definition) is 2. The minimum absolute atomic E-state index is 0.791. The maximum absolute atomic E-state index is 3.64. The second-order valence-corrected chi connectivity index (χ2v) is 6.77. The fraction of sp³-hybridized carbons (Fsp3) is 0.667. The van der Waals surface area contributed by atoms with Crippen molar-refractivity contribution in [1.82, 2.24) is 10.2 Å². The summed E-state index contributed by atoms with van der Waals surface area (Å²) in [5, 5.41) is 3.64. The van der Waals surface area contributed by atoms with Gasteiger partial charge in [-0.3, -0.25) is 0 Å². The third-order valence-corrected chi connectivity index (χ3v) is 4.76. The molecule has 2 nitrogen and oxygen atoms in total. The summed E-state index contributed by atoms with van der Waals surface area (Å²) in [4.78, 5) is 2.52. The van der Waals surface area contributed by atoms with Crippen LogP contribution in [0.2, 0.25) is 0 Å². The Balaban J connectivity index is 1.54. The van der Waals surface area contributed by atoms with E-state index in [4.69, 9.17) is 0 Å². The average Bonchev–Trinajstić information content (AvgIpc) is 3.14. The second kappa shape index (κ2) is 6.73. The standard InChI is InChI=1S/C18H28N2/c1-20(13-15-6-2-3-7-15)14-17-9-5-4-8-16(17)12-19-18-10-11-18/h4-5,8-9,15,18-19H,2-3,6-7,10-14H2,1H3. The van der Waals surface area contributed by atoms with E-state index in [1.54, 1.807) is 0 Å². The molecule has 0 radical (unpaired) electrons. The zero-order chi connectivity index (χ0) is 13.8. The smallest absolute Gasteiger partial charge is 0.0234 e. The Labute approximate surface area is 123 Å². The van der Waals surface area contributed by atoms with Crippen molar-refractivity contribution >= 4 is 0 Å². The van der Waals surface area contributed by atoms with Gasteiger partial charge in [0.1, 0.15) is 0 Å². The molecule has 1 aromatic rings. The van der Waals surface area contributed by atoms with E-state index in [0.29, 0.717) is 0 Å². The monoisotopic (exact) mass is 272 g/mol. The van der Waals surface area contributed by atoms with Crippen molar-refractivity contribution in [3.05, 3.63) is 35.4 Å². The van der Waals surface area contributed by atoms with E-state index >= 15 is 0 Å². The number of nitrogens with zero attached hydrogens (tertiary/aromatic N) is 1. The Morgan fingerprint density at radius 3 is 2.45 bits per heavy atom. The number of benzene rings is 1. The number of rotatable bonds is 7. The van der Waals surface area contributed by atoms with Gasteiger partial charge < -0.3 is 10.2 Å². The lowest BCUT2D eigenvalue weighted by Gasteiger charge is -2.22. The van der Waals surface area contributed by atoms with Crippen LogP contribution >= 0.6 is 0 Å². The molecule has 0 bridgehead atoms. The predicted octanol–water partition coefficient (Wildman–Crippen LogP) is 3.56. The molecule has 20 heavy (non-hydrogen) atoms. The van der Waals surface area contributed by atoms with Crippen LogP contribution < -0.4 is 5.32 Å². The van der Waals surface area contributed by atoms with Crippen LogP contribution in [0, 0.1) is 5.92 Å². The predicted molar refractivity (Wildman–Crippen MR) is 84.6 cm³/mol. The van der Waals surface area contributed by atoms with Gasteiger partial charge >= 0.3 is 0 Å². The van der Waals surface area contributed by atoms with Gasteiger partial charge in [-0.05, 0) is 49.8 Å². The molecule has 2 fully saturated rings. The molecular weight excluding hydrogens is 244 g/mol. The summed E-state index contributed by atoms with van der Waals surface area (Å²) in [5.74, 6) is 0.941. The third-order valence-electron chi connectivity index (χ3n) is 4.76. The molecule has 1 N–H and O–H groups in total. The third kappa shape index (κ3) is 4.07. The molecule has 2 aliphatic rings. The van der Waals surface area contributed by atoms with Gasteiger partial charge in [0.25, 0.3) is 0 Å². The highest BCUT2D eigenvalue weighted by atomic mass is 15.1. The molecule has 1 aromatic carbocycles. The zero-order valence-electron chi connectivity index (χ0n) is 12.8. The maximum atomic E-state index is 3.64. The summed E-state index contributed by atoms with van der Waals surface area (Å²) < 4.78 is 0. The van der Waals surface area contributed by atoms with Crippen LogP contribution in [0.5, 0.6) is 0 Å². The quantitative estimate of drug-likeness (QED) is 0.816. The van der Waals surface area contributed by atoms with Gasteiger partial charge in [-0.15, -0.1) is 0 Å². The van der Waals surface area contributed by atoms with E-state index in [1.165, 1.54) is 56.2 Å². The lowest BCUT2D eigenvalue weighted by atomic mass is 10.0. The van der Waals surface area contributed by atoms with Gasteiger partial charge in [-0.2, -0.15) is 0 Å². The average molecular weight is 272 g/mol. The van der Waals surface area contributed by atoms with Crippen LogP contribution in [-0.4, -0.2) is 24.5 Å². The van der Waals surface area contributed by atoms with Gasteiger partial charge in [0.05, 0.1) is 0 Å². The first-order valence-corrected chi connectivity index (χ1v) is 8.30. The Bertz CT molecular complexity index is 419. The van der Waals surface area contributed by atoms with Gasteiger partial charge in [0.15, 0.2) is 0 Å². The highest BCUT2D eigenvalue weighted by Gasteiger charge is 2.21. The van der Waals surface area contributed by atoms with Crippen LogP contribution in [0.4, 0.5) is 0 Å². The largest absolute Gasteiger partial charge is 0.310 e. The minimum atomic E-state index is 0.791. The van der Waals surface area contributed by atoms with E-state index in [1.807, 2.05) is 0 Å². The second-order valence-electron chi connectivity index (χ2n) is 6.77. The van der Waals surface area contributed by atoms with Crippen molar-refractivity contribution in [2.45, 2.75) is 57.7 Å². The maximum Gasteiger partial charge on any atom is 0.0234 e. The van der Waals surface area contributed by atoms with Crippen molar-refractivity contribution in [1.29, 1.82) is 0 Å².